The molecular formula is C26H28FN3O4. The number of rotatable bonds is 6. The van der Waals surface area contributed by atoms with Crippen molar-refractivity contribution < 1.29 is 23.4 Å². The number of carbonyl (C=O) groups excluding carboxylic acids is 1. The molecule has 1 saturated heterocycles. The summed E-state index contributed by atoms with van der Waals surface area (Å²) >= 11 is 0. The fraction of sp³-hybridized carbons (Fsp3) is 0.308. The van der Waals surface area contributed by atoms with Crippen LogP contribution in [0.4, 0.5) is 4.39 Å². The van der Waals surface area contributed by atoms with Crippen LogP contribution < -0.4 is 24.8 Å². The van der Waals surface area contributed by atoms with Crippen molar-refractivity contribution >= 4 is 5.91 Å². The summed E-state index contributed by atoms with van der Waals surface area (Å²) in [6.07, 6.45) is 5.80. The summed E-state index contributed by atoms with van der Waals surface area (Å²) < 4.78 is 29.7. The van der Waals surface area contributed by atoms with E-state index in [2.05, 4.69) is 15.6 Å². The molecule has 1 aromatic heterocycles. The van der Waals surface area contributed by atoms with Gasteiger partial charge in [0.1, 0.15) is 11.6 Å². The number of carbonyl (C=O) groups is 1. The summed E-state index contributed by atoms with van der Waals surface area (Å²) in [5.74, 6) is 2.12. The number of halogens is 1. The molecule has 2 aliphatic heterocycles. The largest absolute Gasteiger partial charge is 0.493 e. The van der Waals surface area contributed by atoms with Crippen LogP contribution in [0, 0.1) is 11.7 Å². The van der Waals surface area contributed by atoms with Crippen molar-refractivity contribution in [1.29, 1.82) is 0 Å². The number of ether oxygens (including phenoxy) is 3. The zero-order chi connectivity index (χ0) is 23.6. The second-order valence-electron chi connectivity index (χ2n) is 8.06. The van der Waals surface area contributed by atoms with E-state index in [1.165, 1.54) is 25.0 Å². The predicted molar refractivity (Wildman–Crippen MR) is 125 cm³/mol. The molecule has 2 N–H and O–H groups in total. The van der Waals surface area contributed by atoms with Gasteiger partial charge in [0.05, 0.1) is 12.2 Å². The highest BCUT2D eigenvalue weighted by Crippen LogP contribution is 2.35. The van der Waals surface area contributed by atoms with E-state index in [4.69, 9.17) is 14.2 Å². The Morgan fingerprint density at radius 3 is 2.82 bits per heavy atom. The van der Waals surface area contributed by atoms with E-state index < -0.39 is 11.7 Å². The van der Waals surface area contributed by atoms with Crippen molar-refractivity contribution in [1.82, 2.24) is 15.6 Å². The first-order chi connectivity index (χ1) is 16.7. The Kier molecular flexibility index (Phi) is 8.29. The highest BCUT2D eigenvalue weighted by molar-refractivity contribution is 5.94. The van der Waals surface area contributed by atoms with E-state index in [0.29, 0.717) is 19.3 Å². The lowest BCUT2D eigenvalue weighted by atomic mass is 10.0. The number of pyridine rings is 1. The van der Waals surface area contributed by atoms with Crippen molar-refractivity contribution in [2.24, 2.45) is 5.92 Å². The van der Waals surface area contributed by atoms with Crippen LogP contribution in [0.3, 0.4) is 0 Å². The van der Waals surface area contributed by atoms with Crippen LogP contribution in [0.2, 0.25) is 0 Å². The molecule has 0 spiro atoms. The summed E-state index contributed by atoms with van der Waals surface area (Å²) in [5.41, 5.74) is 0.925. The van der Waals surface area contributed by atoms with Gasteiger partial charge >= 0.3 is 0 Å². The molecule has 0 radical (unpaired) electrons. The first-order valence-corrected chi connectivity index (χ1v) is 11.3. The normalized spacial score (nSPS) is 16.2. The van der Waals surface area contributed by atoms with Gasteiger partial charge in [-0.15, -0.1) is 0 Å². The Morgan fingerprint density at radius 2 is 2.03 bits per heavy atom. The molecule has 1 atom stereocenters. The van der Waals surface area contributed by atoms with Gasteiger partial charge in [-0.05, 0) is 55.3 Å². The number of nitrogens with zero attached hydrogens (tertiary/aromatic N) is 1. The molecule has 34 heavy (non-hydrogen) atoms. The van der Waals surface area contributed by atoms with Gasteiger partial charge in [-0.1, -0.05) is 18.2 Å². The van der Waals surface area contributed by atoms with Gasteiger partial charge in [0.15, 0.2) is 11.5 Å². The SMILES string of the molecule is O=C(NCc1cccnc1)c1ccccc1F.c1cc2c(cc1OCC1CCCNC1)OCO2. The summed E-state index contributed by atoms with van der Waals surface area (Å²) in [7, 11) is 0. The first kappa shape index (κ1) is 23.5. The van der Waals surface area contributed by atoms with Crippen LogP contribution in [0.5, 0.6) is 17.2 Å². The minimum atomic E-state index is -0.517. The Balaban J connectivity index is 0.000000161. The lowest BCUT2D eigenvalue weighted by Crippen LogP contribution is -2.33. The molecule has 7 nitrogen and oxygen atoms in total. The molecule has 5 rings (SSSR count). The number of amides is 1. The van der Waals surface area contributed by atoms with Gasteiger partial charge in [0.25, 0.3) is 5.91 Å². The smallest absolute Gasteiger partial charge is 0.254 e. The molecular weight excluding hydrogens is 437 g/mol. The maximum absolute atomic E-state index is 13.3. The van der Waals surface area contributed by atoms with Crippen molar-refractivity contribution in [3.8, 4) is 17.2 Å². The zero-order valence-electron chi connectivity index (χ0n) is 18.8. The predicted octanol–water partition coefficient (Wildman–Crippen LogP) is 3.94. The molecule has 3 aromatic rings. The van der Waals surface area contributed by atoms with Crippen LogP contribution in [-0.2, 0) is 6.54 Å². The van der Waals surface area contributed by atoms with Crippen LogP contribution in [0.1, 0.15) is 28.8 Å². The van der Waals surface area contributed by atoms with Crippen LogP contribution in [0.25, 0.3) is 0 Å². The summed E-state index contributed by atoms with van der Waals surface area (Å²) in [4.78, 5) is 15.6. The molecule has 3 heterocycles. The maximum atomic E-state index is 13.3. The highest BCUT2D eigenvalue weighted by atomic mass is 19.1. The van der Waals surface area contributed by atoms with Crippen molar-refractivity contribution in [3.63, 3.8) is 0 Å². The maximum Gasteiger partial charge on any atom is 0.254 e. The fourth-order valence-electron chi connectivity index (χ4n) is 3.67. The van der Waals surface area contributed by atoms with Crippen LogP contribution >= 0.6 is 0 Å². The summed E-state index contributed by atoms with van der Waals surface area (Å²) in [5, 5.41) is 6.03. The van der Waals surface area contributed by atoms with Gasteiger partial charge in [-0.2, -0.15) is 0 Å². The number of aromatic nitrogens is 1. The molecule has 0 saturated carbocycles. The Labute approximate surface area is 198 Å². The standard InChI is InChI=1S/C13H11FN2O.C13H17NO3/c14-12-6-2-1-5-11(12)13(17)16-9-10-4-3-7-15-8-10;1-2-10(7-14-5-1)8-15-11-3-4-12-13(6-11)17-9-16-12/h1-8H,9H2,(H,16,17);3-4,6,10,14H,1-2,5,7-9H2. The number of benzene rings is 2. The second-order valence-corrected chi connectivity index (χ2v) is 8.06. The minimum absolute atomic E-state index is 0.0522. The van der Waals surface area contributed by atoms with E-state index in [0.717, 1.165) is 42.5 Å². The number of fused-ring (bicyclic) bond motifs is 1. The minimum Gasteiger partial charge on any atom is -0.493 e. The van der Waals surface area contributed by atoms with Crippen LogP contribution in [0.15, 0.2) is 67.0 Å². The number of hydrogen-bond acceptors (Lipinski definition) is 6. The Morgan fingerprint density at radius 1 is 1.15 bits per heavy atom. The first-order valence-electron chi connectivity index (χ1n) is 11.3. The quantitative estimate of drug-likeness (QED) is 0.574. The third-order valence-corrected chi connectivity index (χ3v) is 5.52. The lowest BCUT2D eigenvalue weighted by Gasteiger charge is -2.22. The molecule has 2 aromatic carbocycles. The fourth-order valence-corrected chi connectivity index (χ4v) is 3.67. The van der Waals surface area contributed by atoms with E-state index in [9.17, 15) is 9.18 Å². The average Bonchev–Trinajstić information content (AvgIpc) is 3.36. The lowest BCUT2D eigenvalue weighted by molar-refractivity contribution is 0.0947. The molecule has 1 fully saturated rings. The van der Waals surface area contributed by atoms with Crippen molar-refractivity contribution in [2.75, 3.05) is 26.5 Å². The van der Waals surface area contributed by atoms with Crippen molar-refractivity contribution in [2.45, 2.75) is 19.4 Å². The van der Waals surface area contributed by atoms with Gasteiger partial charge in [0.2, 0.25) is 6.79 Å². The molecule has 0 bridgehead atoms. The third kappa shape index (κ3) is 6.68. The van der Waals surface area contributed by atoms with E-state index in [1.54, 1.807) is 30.6 Å². The second kappa shape index (κ2) is 12.0. The van der Waals surface area contributed by atoms with Crippen molar-refractivity contribution in [3.05, 3.63) is 83.9 Å². The molecule has 0 aliphatic carbocycles. The number of piperidine rings is 1. The van der Waals surface area contributed by atoms with Gasteiger partial charge < -0.3 is 24.8 Å². The molecule has 2 aliphatic rings. The molecule has 178 valence electrons. The van der Waals surface area contributed by atoms with E-state index in [-0.39, 0.29) is 5.56 Å². The Hall–Kier alpha value is -3.65. The van der Waals surface area contributed by atoms with Gasteiger partial charge in [-0.25, -0.2) is 4.39 Å². The molecule has 1 amide bonds. The topological polar surface area (TPSA) is 81.7 Å². The number of hydrogen-bond donors (Lipinski definition) is 2. The summed E-state index contributed by atoms with van der Waals surface area (Å²) in [6.45, 7) is 3.62. The van der Waals surface area contributed by atoms with E-state index >= 15 is 0 Å². The van der Waals surface area contributed by atoms with E-state index in [1.807, 2.05) is 24.3 Å². The zero-order valence-corrected chi connectivity index (χ0v) is 18.8. The Bertz CT molecular complexity index is 1070. The monoisotopic (exact) mass is 465 g/mol. The highest BCUT2D eigenvalue weighted by Gasteiger charge is 2.16. The molecule has 1 unspecified atom stereocenters. The van der Waals surface area contributed by atoms with Gasteiger partial charge in [-0.3, -0.25) is 9.78 Å². The average molecular weight is 466 g/mol. The van der Waals surface area contributed by atoms with Gasteiger partial charge in [0, 0.05) is 37.5 Å². The third-order valence-electron chi connectivity index (χ3n) is 5.52. The molecule has 8 heteroatoms. The van der Waals surface area contributed by atoms with Crippen LogP contribution in [-0.4, -0.2) is 37.4 Å². The number of nitrogens with one attached hydrogen (secondary N) is 2. The summed E-state index contributed by atoms with van der Waals surface area (Å²) in [6, 6.07) is 15.3.